The van der Waals surface area contributed by atoms with Crippen LogP contribution in [0.25, 0.3) is 0 Å². The highest BCUT2D eigenvalue weighted by Gasteiger charge is 2.28. The van der Waals surface area contributed by atoms with E-state index in [-0.39, 0.29) is 0 Å². The first-order chi connectivity index (χ1) is 36.5. The number of unbranched alkanes of at least 4 members (excludes halogenated alkanes) is 47. The van der Waals surface area contributed by atoms with E-state index >= 15 is 0 Å². The number of nitrogens with one attached hydrogen (secondary N) is 1. The Morgan fingerprint density at radius 1 is 0.324 bits per heavy atom. The van der Waals surface area contributed by atoms with Gasteiger partial charge in [-0.05, 0) is 64.2 Å². The van der Waals surface area contributed by atoms with E-state index in [4.69, 9.17) is 0 Å². The first-order valence-electron chi connectivity index (χ1n) is 33.4. The number of rotatable bonds is 62. The number of amides is 1. The van der Waals surface area contributed by atoms with Crippen molar-refractivity contribution in [1.82, 2.24) is 5.32 Å². The van der Waals surface area contributed by atoms with E-state index in [2.05, 4.69) is 55.6 Å². The van der Waals surface area contributed by atoms with Crippen LogP contribution >= 0.6 is 0 Å². The maximum atomic E-state index is 12.6. The van der Waals surface area contributed by atoms with Gasteiger partial charge in [-0.1, -0.05) is 333 Å². The Morgan fingerprint density at radius 2 is 0.568 bits per heavy atom. The van der Waals surface area contributed by atoms with Gasteiger partial charge in [-0.15, -0.1) is 0 Å². The standard InChI is InChI=1S/C68H131NO5/c1-3-5-7-9-11-13-15-17-19-21-23-25-26-27-28-29-30-31-32-33-34-35-36-37-38-39-40-41-42-44-46-48-50-52-54-56-58-60-62-66(72)68(74)69-64(63-70)67(73)65(71)61-59-57-55-53-51-49-47-45-43-24-22-20-18-16-14-12-10-8-6-4-2/h20,22,45,47,53,55,64-67,70-73H,3-19,21,23-44,46,48-52,54,56-63H2,1-2H3,(H,69,74)/b22-20+,47-45+,55-53+. The molecular weight excluding hydrogens is 911 g/mol. The van der Waals surface area contributed by atoms with Crippen molar-refractivity contribution >= 4 is 5.91 Å². The molecule has 6 heteroatoms. The lowest BCUT2D eigenvalue weighted by molar-refractivity contribution is -0.132. The molecule has 6 nitrogen and oxygen atoms in total. The van der Waals surface area contributed by atoms with Crippen molar-refractivity contribution in [1.29, 1.82) is 0 Å². The summed E-state index contributed by atoms with van der Waals surface area (Å²) in [5.41, 5.74) is 0. The molecule has 438 valence electrons. The summed E-state index contributed by atoms with van der Waals surface area (Å²) < 4.78 is 0. The maximum absolute atomic E-state index is 12.6. The zero-order valence-electron chi connectivity index (χ0n) is 49.9. The summed E-state index contributed by atoms with van der Waals surface area (Å²) >= 11 is 0. The lowest BCUT2D eigenvalue weighted by Crippen LogP contribution is -2.53. The fraction of sp³-hybridized carbons (Fsp3) is 0.897. The molecule has 4 unspecified atom stereocenters. The summed E-state index contributed by atoms with van der Waals surface area (Å²) in [5.74, 6) is -0.593. The molecule has 0 saturated carbocycles. The van der Waals surface area contributed by atoms with Crippen molar-refractivity contribution in [3.05, 3.63) is 36.5 Å². The molecule has 1 amide bonds. The topological polar surface area (TPSA) is 110 Å². The van der Waals surface area contributed by atoms with E-state index in [1.54, 1.807) is 0 Å². The molecule has 0 aliphatic carbocycles. The van der Waals surface area contributed by atoms with Gasteiger partial charge in [0.2, 0.25) is 5.91 Å². The molecule has 0 aromatic heterocycles. The molecule has 0 aromatic rings. The number of aliphatic hydroxyl groups excluding tert-OH is 4. The summed E-state index contributed by atoms with van der Waals surface area (Å²) in [5, 5.41) is 44.0. The minimum Gasteiger partial charge on any atom is -0.394 e. The largest absolute Gasteiger partial charge is 0.394 e. The van der Waals surface area contributed by atoms with Gasteiger partial charge < -0.3 is 25.7 Å². The lowest BCUT2D eigenvalue weighted by atomic mass is 10.00. The predicted octanol–water partition coefficient (Wildman–Crippen LogP) is 20.3. The SMILES string of the molecule is CCCCCCCCC/C=C/CC/C=C/CC/C=C/CCCC(O)C(O)C(CO)NC(=O)C(O)CCCCCCCCCCCCCCCCCCCCCCCCCCCCCCCCCCCCCCCC. The minimum atomic E-state index is -1.29. The Hall–Kier alpha value is -1.47. The fourth-order valence-electron chi connectivity index (χ4n) is 10.6. The number of hydrogen-bond donors (Lipinski definition) is 5. The molecule has 0 aliphatic heterocycles. The Labute approximate surface area is 462 Å². The molecule has 0 aliphatic rings. The van der Waals surface area contributed by atoms with E-state index in [1.807, 2.05) is 0 Å². The van der Waals surface area contributed by atoms with Crippen LogP contribution in [0, 0.1) is 0 Å². The maximum Gasteiger partial charge on any atom is 0.249 e. The van der Waals surface area contributed by atoms with Crippen LogP contribution in [0.15, 0.2) is 36.5 Å². The summed E-state index contributed by atoms with van der Waals surface area (Å²) in [7, 11) is 0. The third-order valence-corrected chi connectivity index (χ3v) is 15.8. The molecule has 0 spiro atoms. The van der Waals surface area contributed by atoms with Crippen molar-refractivity contribution in [2.24, 2.45) is 0 Å². The van der Waals surface area contributed by atoms with E-state index in [0.29, 0.717) is 19.3 Å². The van der Waals surface area contributed by atoms with E-state index in [1.165, 1.54) is 276 Å². The molecule has 0 aromatic carbocycles. The molecule has 0 rings (SSSR count). The van der Waals surface area contributed by atoms with Crippen LogP contribution in [0.4, 0.5) is 0 Å². The van der Waals surface area contributed by atoms with Gasteiger partial charge in [0, 0.05) is 0 Å². The molecule has 0 radical (unpaired) electrons. The van der Waals surface area contributed by atoms with Crippen molar-refractivity contribution < 1.29 is 25.2 Å². The highest BCUT2D eigenvalue weighted by molar-refractivity contribution is 5.80. The Morgan fingerprint density at radius 3 is 0.851 bits per heavy atom. The molecule has 0 saturated heterocycles. The van der Waals surface area contributed by atoms with Gasteiger partial charge in [0.25, 0.3) is 0 Å². The second-order valence-electron chi connectivity index (χ2n) is 23.2. The van der Waals surface area contributed by atoms with Crippen LogP contribution in [-0.4, -0.2) is 57.3 Å². The van der Waals surface area contributed by atoms with Gasteiger partial charge >= 0.3 is 0 Å². The molecule has 0 heterocycles. The zero-order chi connectivity index (χ0) is 53.7. The zero-order valence-corrected chi connectivity index (χ0v) is 49.9. The second kappa shape index (κ2) is 62.4. The van der Waals surface area contributed by atoms with Crippen molar-refractivity contribution in [3.8, 4) is 0 Å². The summed E-state index contributed by atoms with van der Waals surface area (Å²) in [6.07, 6.45) is 79.9. The number of carbonyl (C=O) groups is 1. The first kappa shape index (κ1) is 72.5. The second-order valence-corrected chi connectivity index (χ2v) is 23.2. The van der Waals surface area contributed by atoms with Crippen LogP contribution in [0.3, 0.4) is 0 Å². The number of carbonyl (C=O) groups excluding carboxylic acids is 1. The number of hydrogen-bond acceptors (Lipinski definition) is 5. The van der Waals surface area contributed by atoms with Crippen LogP contribution in [0.1, 0.15) is 361 Å². The Bertz CT molecular complexity index is 1170. The summed E-state index contributed by atoms with van der Waals surface area (Å²) in [6, 6.07) is -1.01. The monoisotopic (exact) mass is 1040 g/mol. The minimum absolute atomic E-state index is 0.362. The third-order valence-electron chi connectivity index (χ3n) is 15.8. The first-order valence-corrected chi connectivity index (χ1v) is 33.4. The normalized spacial score (nSPS) is 13.8. The van der Waals surface area contributed by atoms with Crippen molar-refractivity contribution in [2.75, 3.05) is 6.61 Å². The van der Waals surface area contributed by atoms with Gasteiger partial charge in [-0.3, -0.25) is 4.79 Å². The van der Waals surface area contributed by atoms with Crippen LogP contribution in [0.5, 0.6) is 0 Å². The average Bonchev–Trinajstić information content (AvgIpc) is 3.41. The summed E-state index contributed by atoms with van der Waals surface area (Å²) in [4.78, 5) is 12.6. The van der Waals surface area contributed by atoms with E-state index in [0.717, 1.165) is 51.4 Å². The molecule has 4 atom stereocenters. The molecule has 5 N–H and O–H groups in total. The van der Waals surface area contributed by atoms with Crippen molar-refractivity contribution in [3.63, 3.8) is 0 Å². The smallest absolute Gasteiger partial charge is 0.249 e. The van der Waals surface area contributed by atoms with Crippen LogP contribution in [-0.2, 0) is 4.79 Å². The quantitative estimate of drug-likeness (QED) is 0.0308. The molecule has 0 bridgehead atoms. The molecule has 0 fully saturated rings. The van der Waals surface area contributed by atoms with Crippen LogP contribution in [0.2, 0.25) is 0 Å². The highest BCUT2D eigenvalue weighted by atomic mass is 16.3. The number of aliphatic hydroxyl groups is 4. The van der Waals surface area contributed by atoms with E-state index in [9.17, 15) is 25.2 Å². The van der Waals surface area contributed by atoms with Gasteiger partial charge in [-0.25, -0.2) is 0 Å². The third kappa shape index (κ3) is 55.3. The lowest BCUT2D eigenvalue weighted by Gasteiger charge is -2.27. The number of allylic oxidation sites excluding steroid dienone is 6. The fourth-order valence-corrected chi connectivity index (χ4v) is 10.6. The average molecular weight is 1040 g/mol. The molecular formula is C68H131NO5. The van der Waals surface area contributed by atoms with Gasteiger partial charge in [0.1, 0.15) is 12.2 Å². The van der Waals surface area contributed by atoms with Crippen molar-refractivity contribution in [2.45, 2.75) is 385 Å². The summed E-state index contributed by atoms with van der Waals surface area (Å²) in [6.45, 7) is 4.07. The van der Waals surface area contributed by atoms with Gasteiger partial charge in [0.05, 0.1) is 18.8 Å². The highest BCUT2D eigenvalue weighted by Crippen LogP contribution is 2.19. The van der Waals surface area contributed by atoms with E-state index < -0.39 is 36.9 Å². The Kier molecular flexibility index (Phi) is 61.1. The van der Waals surface area contributed by atoms with Gasteiger partial charge in [-0.2, -0.15) is 0 Å². The predicted molar refractivity (Wildman–Crippen MR) is 325 cm³/mol. The van der Waals surface area contributed by atoms with Gasteiger partial charge in [0.15, 0.2) is 0 Å². The van der Waals surface area contributed by atoms with Crippen LogP contribution < -0.4 is 5.32 Å². The Balaban J connectivity index is 3.53. The molecule has 74 heavy (non-hydrogen) atoms.